The van der Waals surface area contributed by atoms with Crippen molar-refractivity contribution in [3.63, 3.8) is 0 Å². The smallest absolute Gasteiger partial charge is 0.315 e. The van der Waals surface area contributed by atoms with E-state index in [-0.39, 0.29) is 29.0 Å². The van der Waals surface area contributed by atoms with Gasteiger partial charge in [0.1, 0.15) is 17.8 Å². The van der Waals surface area contributed by atoms with Crippen LogP contribution in [0.3, 0.4) is 0 Å². The second kappa shape index (κ2) is 7.62. The second-order valence-corrected chi connectivity index (χ2v) is 11.6. The van der Waals surface area contributed by atoms with Crippen molar-refractivity contribution in [1.82, 2.24) is 0 Å². The SMILES string of the molecule is C[C@]12CCC[C@]3(CO3)[C@@H]1C[C@H]1[C@@H](C2)OC(=O)[C@@H]1C[NH2+][C@H]1CCCC[C@@H]1Cc1ccco1. The number of esters is 1. The Kier molecular flexibility index (Phi) is 4.99. The van der Waals surface area contributed by atoms with Crippen LogP contribution in [-0.4, -0.2) is 36.9 Å². The number of epoxide rings is 1. The van der Waals surface area contributed by atoms with E-state index in [0.717, 1.165) is 38.2 Å². The second-order valence-electron chi connectivity index (χ2n) is 11.6. The number of fused-ring (bicyclic) bond motifs is 3. The lowest BCUT2D eigenvalue weighted by Gasteiger charge is -2.51. The molecule has 0 radical (unpaired) electrons. The van der Waals surface area contributed by atoms with Crippen molar-refractivity contribution < 1.29 is 24.0 Å². The van der Waals surface area contributed by atoms with E-state index in [2.05, 4.69) is 18.3 Å². The highest BCUT2D eigenvalue weighted by Crippen LogP contribution is 2.62. The average Bonchev–Trinajstić information content (AvgIpc) is 3.19. The van der Waals surface area contributed by atoms with Crippen LogP contribution < -0.4 is 5.32 Å². The van der Waals surface area contributed by atoms with Gasteiger partial charge in [0.2, 0.25) is 0 Å². The molecule has 6 rings (SSSR count). The normalized spacial score (nSPS) is 46.4. The molecule has 0 amide bonds. The summed E-state index contributed by atoms with van der Waals surface area (Å²) < 4.78 is 17.7. The standard InChI is InChI=1S/C26H37NO4/c1-25-9-5-10-26(16-30-26)23(25)13-19-20(24(28)31-22(19)14-25)15-27-21-8-3-2-6-17(21)12-18-7-4-11-29-18/h4,7,11,17,19-23,27H,2-3,5-6,8-10,12-16H2,1H3/p+1/t17-,19-,20-,21+,22-,23-,25-,26+/m1/s1. The number of hydrogen-bond acceptors (Lipinski definition) is 4. The summed E-state index contributed by atoms with van der Waals surface area (Å²) >= 11 is 0. The monoisotopic (exact) mass is 428 g/mol. The van der Waals surface area contributed by atoms with Crippen LogP contribution in [0.15, 0.2) is 22.8 Å². The molecule has 31 heavy (non-hydrogen) atoms. The van der Waals surface area contributed by atoms with Gasteiger partial charge in [-0.2, -0.15) is 0 Å². The van der Waals surface area contributed by atoms with Crippen molar-refractivity contribution >= 4 is 5.97 Å². The van der Waals surface area contributed by atoms with Gasteiger partial charge in [-0.3, -0.25) is 4.79 Å². The molecular formula is C26H38NO4+. The first-order chi connectivity index (χ1) is 15.1. The Morgan fingerprint density at radius 2 is 2.06 bits per heavy atom. The van der Waals surface area contributed by atoms with E-state index in [0.29, 0.717) is 23.8 Å². The number of rotatable bonds is 5. The van der Waals surface area contributed by atoms with E-state index in [1.165, 1.54) is 44.9 Å². The summed E-state index contributed by atoms with van der Waals surface area (Å²) in [4.78, 5) is 12.9. The van der Waals surface area contributed by atoms with Gasteiger partial charge >= 0.3 is 5.97 Å². The Labute approximate surface area is 185 Å². The van der Waals surface area contributed by atoms with Crippen molar-refractivity contribution in [2.45, 2.75) is 88.9 Å². The molecule has 3 aliphatic carbocycles. The average molecular weight is 429 g/mol. The van der Waals surface area contributed by atoms with Crippen LogP contribution in [0.1, 0.15) is 70.5 Å². The van der Waals surface area contributed by atoms with Gasteiger partial charge in [0.15, 0.2) is 0 Å². The van der Waals surface area contributed by atoms with Crippen LogP contribution in [0.25, 0.3) is 0 Å². The molecule has 8 atom stereocenters. The molecule has 2 aliphatic heterocycles. The topological polar surface area (TPSA) is 68.6 Å². The Morgan fingerprint density at radius 3 is 2.87 bits per heavy atom. The highest BCUT2D eigenvalue weighted by molar-refractivity contribution is 5.75. The molecule has 1 aromatic rings. The highest BCUT2D eigenvalue weighted by atomic mass is 16.6. The highest BCUT2D eigenvalue weighted by Gasteiger charge is 2.65. The zero-order chi connectivity index (χ0) is 21.1. The maximum absolute atomic E-state index is 12.9. The largest absolute Gasteiger partial charge is 0.469 e. The Morgan fingerprint density at radius 1 is 1.19 bits per heavy atom. The molecule has 0 bridgehead atoms. The van der Waals surface area contributed by atoms with Crippen molar-refractivity contribution in [2.24, 2.45) is 29.1 Å². The number of ether oxygens (including phenoxy) is 2. The maximum atomic E-state index is 12.9. The van der Waals surface area contributed by atoms with Crippen LogP contribution >= 0.6 is 0 Å². The number of carbonyl (C=O) groups is 1. The molecule has 5 fully saturated rings. The lowest BCUT2D eigenvalue weighted by atomic mass is 9.53. The maximum Gasteiger partial charge on any atom is 0.315 e. The van der Waals surface area contributed by atoms with Gasteiger partial charge in [-0.25, -0.2) is 0 Å². The van der Waals surface area contributed by atoms with Gasteiger partial charge in [-0.15, -0.1) is 0 Å². The summed E-state index contributed by atoms with van der Waals surface area (Å²) in [5.41, 5.74) is 0.418. The zero-order valence-corrected chi connectivity index (χ0v) is 18.9. The molecule has 0 aromatic carbocycles. The first-order valence-electron chi connectivity index (χ1n) is 12.8. The Balaban J connectivity index is 1.13. The molecule has 5 heteroatoms. The molecule has 1 spiro atoms. The summed E-state index contributed by atoms with van der Waals surface area (Å²) in [6.07, 6.45) is 14.0. The van der Waals surface area contributed by atoms with E-state index >= 15 is 0 Å². The van der Waals surface area contributed by atoms with Crippen LogP contribution in [0.5, 0.6) is 0 Å². The number of nitrogens with two attached hydrogens (primary N) is 1. The molecule has 170 valence electrons. The molecule has 3 heterocycles. The van der Waals surface area contributed by atoms with E-state index in [9.17, 15) is 4.79 Å². The van der Waals surface area contributed by atoms with Gasteiger partial charge in [-0.1, -0.05) is 13.3 Å². The van der Waals surface area contributed by atoms with E-state index in [1.807, 2.05) is 6.07 Å². The number of quaternary nitrogens is 1. The minimum atomic E-state index is 0.0541. The lowest BCUT2D eigenvalue weighted by molar-refractivity contribution is -0.702. The summed E-state index contributed by atoms with van der Waals surface area (Å²) in [6.45, 7) is 4.26. The van der Waals surface area contributed by atoms with Crippen molar-refractivity contribution in [3.05, 3.63) is 24.2 Å². The predicted molar refractivity (Wildman–Crippen MR) is 115 cm³/mol. The quantitative estimate of drug-likeness (QED) is 0.576. The van der Waals surface area contributed by atoms with Gasteiger partial charge in [0.05, 0.1) is 31.1 Å². The fourth-order valence-corrected chi connectivity index (χ4v) is 8.04. The molecule has 0 unspecified atom stereocenters. The zero-order valence-electron chi connectivity index (χ0n) is 18.9. The van der Waals surface area contributed by atoms with Crippen LogP contribution in [-0.2, 0) is 20.7 Å². The molecule has 3 saturated carbocycles. The van der Waals surface area contributed by atoms with Crippen molar-refractivity contribution in [3.8, 4) is 0 Å². The minimum Gasteiger partial charge on any atom is -0.469 e. The summed E-state index contributed by atoms with van der Waals surface area (Å²) in [7, 11) is 0. The summed E-state index contributed by atoms with van der Waals surface area (Å²) in [5.74, 6) is 2.85. The number of hydrogen-bond donors (Lipinski definition) is 1. The van der Waals surface area contributed by atoms with E-state index in [4.69, 9.17) is 13.9 Å². The third-order valence-corrected chi connectivity index (χ3v) is 9.78. The van der Waals surface area contributed by atoms with Gasteiger partial charge < -0.3 is 19.2 Å². The van der Waals surface area contributed by atoms with E-state index < -0.39 is 0 Å². The van der Waals surface area contributed by atoms with Crippen molar-refractivity contribution in [2.75, 3.05) is 13.2 Å². The van der Waals surface area contributed by atoms with E-state index in [1.54, 1.807) is 6.26 Å². The lowest BCUT2D eigenvalue weighted by Crippen LogP contribution is -2.93. The van der Waals surface area contributed by atoms with Crippen molar-refractivity contribution in [1.29, 1.82) is 0 Å². The Hall–Kier alpha value is -1.33. The molecule has 2 saturated heterocycles. The Bertz CT molecular complexity index is 802. The van der Waals surface area contributed by atoms with Gasteiger partial charge in [0, 0.05) is 18.3 Å². The third kappa shape index (κ3) is 3.56. The summed E-state index contributed by atoms with van der Waals surface area (Å²) in [6, 6.07) is 4.68. The fourth-order valence-electron chi connectivity index (χ4n) is 8.04. The van der Waals surface area contributed by atoms with Crippen LogP contribution in [0.2, 0.25) is 0 Å². The molecule has 2 N–H and O–H groups in total. The minimum absolute atomic E-state index is 0.0541. The summed E-state index contributed by atoms with van der Waals surface area (Å²) in [5, 5.41) is 2.50. The van der Waals surface area contributed by atoms with Crippen LogP contribution in [0, 0.1) is 29.1 Å². The first-order valence-corrected chi connectivity index (χ1v) is 12.8. The molecule has 1 aromatic heterocycles. The number of carbonyl (C=O) groups excluding carboxylic acids is 1. The predicted octanol–water partition coefficient (Wildman–Crippen LogP) is 3.47. The number of furan rings is 1. The van der Waals surface area contributed by atoms with Gasteiger partial charge in [-0.05, 0) is 74.8 Å². The molecular weight excluding hydrogens is 390 g/mol. The fraction of sp³-hybridized carbons (Fsp3) is 0.808. The molecule has 5 nitrogen and oxygen atoms in total. The first kappa shape index (κ1) is 20.3. The van der Waals surface area contributed by atoms with Gasteiger partial charge in [0.25, 0.3) is 0 Å². The third-order valence-electron chi connectivity index (χ3n) is 9.78. The molecule has 5 aliphatic rings. The van der Waals surface area contributed by atoms with Crippen LogP contribution in [0.4, 0.5) is 0 Å².